The van der Waals surface area contributed by atoms with Crippen LogP contribution in [0.5, 0.6) is 0 Å². The number of fused-ring (bicyclic) bond motifs is 3. The van der Waals surface area contributed by atoms with Crippen molar-refractivity contribution in [3.05, 3.63) is 11.4 Å². The van der Waals surface area contributed by atoms with Gasteiger partial charge in [-0.25, -0.2) is 4.68 Å². The predicted octanol–water partition coefficient (Wildman–Crippen LogP) is 5.02. The van der Waals surface area contributed by atoms with Crippen LogP contribution in [0.3, 0.4) is 0 Å². The Balaban J connectivity index is 1.24. The first-order valence-corrected chi connectivity index (χ1v) is 10.4. The average molecular weight is 334 g/mol. The Morgan fingerprint density at radius 2 is 1.62 bits per heavy atom. The summed E-state index contributed by atoms with van der Waals surface area (Å²) in [6.07, 6.45) is 18.0. The Labute approximate surface area is 147 Å². The van der Waals surface area contributed by atoms with Gasteiger partial charge in [0, 0.05) is 12.5 Å². The molecule has 2 atom stereocenters. The summed E-state index contributed by atoms with van der Waals surface area (Å²) in [7, 11) is 0. The number of unbranched alkanes of at least 4 members (excludes halogenated alkanes) is 10. The number of aromatic nitrogens is 3. The van der Waals surface area contributed by atoms with E-state index in [9.17, 15) is 0 Å². The predicted molar refractivity (Wildman–Crippen MR) is 97.3 cm³/mol. The van der Waals surface area contributed by atoms with E-state index in [-0.39, 0.29) is 0 Å². The molecular formula is C20H35N3O. The molecule has 1 fully saturated rings. The maximum atomic E-state index is 5.80. The number of rotatable bonds is 12. The van der Waals surface area contributed by atoms with Crippen LogP contribution in [0.1, 0.15) is 101 Å². The SMILES string of the molecule is CCCCCCCCCCCCCc1nnn2c1C1CCOC1C2. The lowest BCUT2D eigenvalue weighted by Crippen LogP contribution is -2.11. The average Bonchev–Trinajstić information content (AvgIpc) is 3.25. The van der Waals surface area contributed by atoms with Crippen LogP contribution in [-0.2, 0) is 17.7 Å². The Bertz CT molecular complexity index is 485. The molecule has 4 heteroatoms. The smallest absolute Gasteiger partial charge is 0.0863 e. The van der Waals surface area contributed by atoms with Crippen LogP contribution in [0.15, 0.2) is 0 Å². The lowest BCUT2D eigenvalue weighted by molar-refractivity contribution is 0.0992. The molecule has 0 radical (unpaired) electrons. The number of hydrogen-bond donors (Lipinski definition) is 0. The summed E-state index contributed by atoms with van der Waals surface area (Å²) in [5.74, 6) is 0.572. The summed E-state index contributed by atoms with van der Waals surface area (Å²) in [6, 6.07) is 0. The van der Waals surface area contributed by atoms with E-state index in [1.54, 1.807) is 0 Å². The zero-order chi connectivity index (χ0) is 16.6. The molecule has 3 rings (SSSR count). The Hall–Kier alpha value is -0.900. The summed E-state index contributed by atoms with van der Waals surface area (Å²) in [6.45, 7) is 4.12. The maximum absolute atomic E-state index is 5.80. The fraction of sp³-hybridized carbons (Fsp3) is 0.900. The van der Waals surface area contributed by atoms with Gasteiger partial charge < -0.3 is 4.74 Å². The van der Waals surface area contributed by atoms with Gasteiger partial charge in [0.1, 0.15) is 0 Å². The van der Waals surface area contributed by atoms with Crippen molar-refractivity contribution in [1.82, 2.24) is 15.0 Å². The summed E-state index contributed by atoms with van der Waals surface area (Å²) in [5.41, 5.74) is 2.65. The van der Waals surface area contributed by atoms with Crippen LogP contribution < -0.4 is 0 Å². The molecule has 2 unspecified atom stereocenters. The van der Waals surface area contributed by atoms with Crippen LogP contribution in [-0.4, -0.2) is 27.7 Å². The molecule has 0 spiro atoms. The first-order chi connectivity index (χ1) is 11.9. The third-order valence-electron chi connectivity index (χ3n) is 5.78. The fourth-order valence-electron chi connectivity index (χ4n) is 4.34. The van der Waals surface area contributed by atoms with Crippen LogP contribution in [0.2, 0.25) is 0 Å². The van der Waals surface area contributed by atoms with Crippen LogP contribution >= 0.6 is 0 Å². The molecule has 0 aromatic carbocycles. The largest absolute Gasteiger partial charge is 0.376 e. The van der Waals surface area contributed by atoms with Gasteiger partial charge in [0.2, 0.25) is 0 Å². The highest BCUT2D eigenvalue weighted by atomic mass is 16.5. The van der Waals surface area contributed by atoms with Gasteiger partial charge in [-0.3, -0.25) is 0 Å². The van der Waals surface area contributed by atoms with Crippen molar-refractivity contribution in [1.29, 1.82) is 0 Å². The Kier molecular flexibility index (Phi) is 7.13. The normalized spacial score (nSPS) is 22.0. The second-order valence-corrected chi connectivity index (χ2v) is 7.69. The molecule has 4 nitrogen and oxygen atoms in total. The van der Waals surface area contributed by atoms with E-state index < -0.39 is 0 Å². The molecule has 0 aliphatic carbocycles. The van der Waals surface area contributed by atoms with Gasteiger partial charge in [-0.2, -0.15) is 0 Å². The van der Waals surface area contributed by atoms with Crippen molar-refractivity contribution in [2.75, 3.05) is 6.61 Å². The Morgan fingerprint density at radius 1 is 0.958 bits per heavy atom. The molecule has 0 bridgehead atoms. The van der Waals surface area contributed by atoms with Crippen molar-refractivity contribution in [3.8, 4) is 0 Å². The number of nitrogens with zero attached hydrogens (tertiary/aromatic N) is 3. The maximum Gasteiger partial charge on any atom is 0.0863 e. The van der Waals surface area contributed by atoms with Crippen molar-refractivity contribution in [2.24, 2.45) is 0 Å². The van der Waals surface area contributed by atoms with E-state index in [0.717, 1.165) is 26.0 Å². The van der Waals surface area contributed by atoms with Gasteiger partial charge in [-0.1, -0.05) is 76.3 Å². The second-order valence-electron chi connectivity index (χ2n) is 7.69. The minimum Gasteiger partial charge on any atom is -0.376 e. The minimum atomic E-state index is 0.381. The standard InChI is InChI=1S/C20H35N3O/c1-2-3-4-5-6-7-8-9-10-11-12-13-18-20-17-14-15-24-19(17)16-23(20)22-21-18/h17,19H,2-16H2,1H3. The lowest BCUT2D eigenvalue weighted by Gasteiger charge is -2.07. The molecule has 0 saturated carbocycles. The topological polar surface area (TPSA) is 39.9 Å². The third-order valence-corrected chi connectivity index (χ3v) is 5.78. The highest BCUT2D eigenvalue weighted by Crippen LogP contribution is 2.38. The second kappa shape index (κ2) is 9.55. The van der Waals surface area contributed by atoms with Crippen molar-refractivity contribution in [2.45, 2.75) is 109 Å². The monoisotopic (exact) mass is 333 g/mol. The lowest BCUT2D eigenvalue weighted by atomic mass is 9.97. The zero-order valence-corrected chi connectivity index (χ0v) is 15.5. The van der Waals surface area contributed by atoms with Gasteiger partial charge in [-0.15, -0.1) is 5.10 Å². The molecule has 2 aliphatic rings. The quantitative estimate of drug-likeness (QED) is 0.504. The first-order valence-electron chi connectivity index (χ1n) is 10.4. The van der Waals surface area contributed by atoms with Crippen LogP contribution in [0, 0.1) is 0 Å². The van der Waals surface area contributed by atoms with Gasteiger partial charge in [0.25, 0.3) is 0 Å². The number of hydrogen-bond acceptors (Lipinski definition) is 3. The van der Waals surface area contributed by atoms with E-state index in [1.165, 1.54) is 82.0 Å². The molecule has 24 heavy (non-hydrogen) atoms. The molecule has 0 N–H and O–H groups in total. The Morgan fingerprint density at radius 3 is 2.33 bits per heavy atom. The molecule has 1 aromatic heterocycles. The van der Waals surface area contributed by atoms with Crippen LogP contribution in [0.25, 0.3) is 0 Å². The molecule has 136 valence electrons. The van der Waals surface area contributed by atoms with Gasteiger partial charge in [-0.05, 0) is 19.3 Å². The van der Waals surface area contributed by atoms with E-state index in [1.807, 2.05) is 0 Å². The van der Waals surface area contributed by atoms with Gasteiger partial charge >= 0.3 is 0 Å². The third kappa shape index (κ3) is 4.59. The molecule has 0 amide bonds. The summed E-state index contributed by atoms with van der Waals surface area (Å²) in [4.78, 5) is 0. The number of aryl methyl sites for hydroxylation is 1. The highest BCUT2D eigenvalue weighted by molar-refractivity contribution is 5.22. The van der Waals surface area contributed by atoms with Crippen LogP contribution in [0.4, 0.5) is 0 Å². The number of ether oxygens (including phenoxy) is 1. The van der Waals surface area contributed by atoms with Crippen molar-refractivity contribution < 1.29 is 4.74 Å². The summed E-state index contributed by atoms with van der Waals surface area (Å²) < 4.78 is 7.90. The molecule has 1 saturated heterocycles. The van der Waals surface area contributed by atoms with E-state index in [4.69, 9.17) is 4.74 Å². The first kappa shape index (κ1) is 17.9. The van der Waals surface area contributed by atoms with Crippen molar-refractivity contribution >= 4 is 0 Å². The van der Waals surface area contributed by atoms with Gasteiger partial charge in [0.05, 0.1) is 24.0 Å². The summed E-state index contributed by atoms with van der Waals surface area (Å²) in [5, 5.41) is 8.77. The molecular weight excluding hydrogens is 298 g/mol. The highest BCUT2D eigenvalue weighted by Gasteiger charge is 2.40. The van der Waals surface area contributed by atoms with Gasteiger partial charge in [0.15, 0.2) is 0 Å². The zero-order valence-electron chi connectivity index (χ0n) is 15.5. The molecule has 2 aliphatic heterocycles. The minimum absolute atomic E-state index is 0.381. The molecule has 1 aromatic rings. The molecule has 3 heterocycles. The van der Waals surface area contributed by atoms with E-state index >= 15 is 0 Å². The van der Waals surface area contributed by atoms with Crippen molar-refractivity contribution in [3.63, 3.8) is 0 Å². The summed E-state index contributed by atoms with van der Waals surface area (Å²) >= 11 is 0. The van der Waals surface area contributed by atoms with E-state index in [0.29, 0.717) is 12.0 Å². The van der Waals surface area contributed by atoms with E-state index in [2.05, 4.69) is 21.9 Å². The fourth-order valence-corrected chi connectivity index (χ4v) is 4.34.